The number of cyclic esters (lactones) is 1. The number of fused-ring (bicyclic) bond motifs is 3. The number of phenolic OH excluding ortho intramolecular Hbond substituents is 1. The second kappa shape index (κ2) is 25.7. The maximum Gasteiger partial charge on any atom is 0.311 e. The summed E-state index contributed by atoms with van der Waals surface area (Å²) < 4.78 is 43.9. The zero-order chi connectivity index (χ0) is 64.5. The number of esters is 1. The van der Waals surface area contributed by atoms with Gasteiger partial charge in [-0.1, -0.05) is 39.3 Å². The van der Waals surface area contributed by atoms with Gasteiger partial charge >= 0.3 is 5.97 Å². The molecule has 23 atom stereocenters. The summed E-state index contributed by atoms with van der Waals surface area (Å²) in [5.41, 5.74) is -5.35. The Bertz CT molecular complexity index is 2750. The molecule has 4 fully saturated rings. The molecule has 6 aliphatic rings. The molecule has 3 saturated heterocycles. The van der Waals surface area contributed by atoms with Gasteiger partial charge in [0.1, 0.15) is 52.5 Å². The van der Waals surface area contributed by atoms with Gasteiger partial charge in [-0.05, 0) is 114 Å². The summed E-state index contributed by atoms with van der Waals surface area (Å²) in [6.07, 6.45) is -8.99. The SMILES string of the molecule is CC[C@H]1OC(=O)[C@H](C)[C@@H](O[C@H]2C[C@@](C)(OC)[C@@H](O)[C@H](C)O2)[C@H](C)[C@@H](O[C@@H]2O[C@H](C)C[C@H](N(C)C)[C@H]2O)[C@](C)(OC)C[C@@H](C)C(=O)[C@H](C)[C@@H](O)[C@]1(C)O.CN(C)[C@@H]1C(=O)C(C(N)=O)=C(O)[C@@]2(O)C(=O)C3=C(O)c4c(O)ccc(Cl)c4[C@@](C)(O)[C@H]3C[C@@H]12. The van der Waals surface area contributed by atoms with E-state index in [1.54, 1.807) is 48.5 Å². The molecule has 0 bridgehead atoms. The van der Waals surface area contributed by atoms with E-state index in [4.69, 9.17) is 50.5 Å². The maximum atomic E-state index is 14.2. The van der Waals surface area contributed by atoms with Crippen molar-refractivity contribution in [3.63, 3.8) is 0 Å². The fraction of sp³-hybridized carbons (Fsp3) is 0.750. The molecule has 0 aromatic heterocycles. The summed E-state index contributed by atoms with van der Waals surface area (Å²) in [6.45, 7) is 18.4. The van der Waals surface area contributed by atoms with Gasteiger partial charge in [-0.3, -0.25) is 28.9 Å². The van der Waals surface area contributed by atoms with Gasteiger partial charge in [0.05, 0.1) is 64.8 Å². The van der Waals surface area contributed by atoms with Crippen molar-refractivity contribution >= 4 is 46.6 Å². The number of hydrogen-bond acceptors (Lipinski definition) is 23. The van der Waals surface area contributed by atoms with Crippen LogP contribution in [0.4, 0.5) is 0 Å². The van der Waals surface area contributed by atoms with Gasteiger partial charge < -0.3 is 89.8 Å². The molecule has 480 valence electrons. The van der Waals surface area contributed by atoms with E-state index >= 15 is 0 Å². The van der Waals surface area contributed by atoms with Gasteiger partial charge in [-0.2, -0.15) is 0 Å². The minimum atomic E-state index is -2.78. The number of halogens is 1. The van der Waals surface area contributed by atoms with Gasteiger partial charge in [0, 0.05) is 72.4 Å². The van der Waals surface area contributed by atoms with E-state index in [1.165, 1.54) is 59.2 Å². The molecule has 1 amide bonds. The number of aliphatic hydroxyl groups excluding tert-OH is 5. The monoisotopic (exact) mass is 1230 g/mol. The topological polar surface area (TPSA) is 365 Å². The number of primary amides is 1. The molecule has 0 spiro atoms. The highest BCUT2D eigenvalue weighted by atomic mass is 35.5. The molecule has 3 aliphatic heterocycles. The number of nitrogens with zero attached hydrogens (tertiary/aromatic N) is 2. The fourth-order valence-electron chi connectivity index (χ4n) is 14.2. The van der Waals surface area contributed by atoms with Gasteiger partial charge in [0.15, 0.2) is 24.0 Å². The molecule has 11 N–H and O–H groups in total. The normalized spacial score (nSPS) is 43.1. The van der Waals surface area contributed by atoms with E-state index in [9.17, 15) is 69.9 Å². The summed E-state index contributed by atoms with van der Waals surface area (Å²) in [5, 5.41) is 101. The molecule has 0 unspecified atom stereocenters. The van der Waals surface area contributed by atoms with Crippen LogP contribution in [0.3, 0.4) is 0 Å². The van der Waals surface area contributed by atoms with Crippen LogP contribution in [-0.2, 0) is 62.7 Å². The summed E-state index contributed by atoms with van der Waals surface area (Å²) in [5.74, 6) is -12.8. The standard InChI is InChI=1S/C38H69NO13.C22H23ClN2O8/c1-15-26-38(10,45)31(42)21(4)28(40)19(2)17-37(9,47-14)33(52-35-29(41)25(39(11)12)16-20(3)48-35)22(5)30(23(6)34(44)50-26)51-27-18-36(8,46-13)32(43)24(7)49-27;1-21(32)7-6-8-15(25(2)3)17(28)13(20(24)31)19(30)22(8,33)18(29)11(7)16(27)12-10(26)5-4-9(23)14(12)21/h19-27,29-33,35,41-43,45H,15-18H2,1-14H3;4-5,7-8,15,26-27,30,32-33H,6H2,1-3H3,(H2,24,31)/t19-,20-,21+,22+,23-,24+,25+,26-,27+,29-,30+,31-,32+,33-,35+,36-,37-,38-;7-,8-,15-,21-,22-/m10/s1. The van der Waals surface area contributed by atoms with Crippen molar-refractivity contribution in [1.82, 2.24) is 9.80 Å². The van der Waals surface area contributed by atoms with Crippen LogP contribution in [0.5, 0.6) is 5.75 Å². The number of carbonyl (C=O) groups excluding carboxylic acids is 5. The third-order valence-electron chi connectivity index (χ3n) is 19.3. The van der Waals surface area contributed by atoms with Crippen molar-refractivity contribution in [1.29, 1.82) is 0 Å². The van der Waals surface area contributed by atoms with Crippen LogP contribution >= 0.6 is 11.6 Å². The van der Waals surface area contributed by atoms with Crippen molar-refractivity contribution in [2.45, 2.75) is 210 Å². The molecule has 1 aromatic carbocycles. The molecule has 3 heterocycles. The maximum absolute atomic E-state index is 14.2. The zero-order valence-electron chi connectivity index (χ0n) is 51.9. The molecular formula is C60H92ClN3O21. The molecule has 1 saturated carbocycles. The van der Waals surface area contributed by atoms with Gasteiger partial charge in [-0.15, -0.1) is 0 Å². The number of likely N-dealkylation sites (N-methyl/N-ethyl adjacent to an activating group) is 2. The molecule has 7 rings (SSSR count). The number of benzene rings is 1. The van der Waals surface area contributed by atoms with Crippen LogP contribution in [-0.4, -0.2) is 223 Å². The number of methoxy groups -OCH3 is 2. The van der Waals surface area contributed by atoms with Crippen molar-refractivity contribution in [3.05, 3.63) is 45.2 Å². The van der Waals surface area contributed by atoms with Crippen molar-refractivity contribution in [2.75, 3.05) is 42.4 Å². The number of phenols is 1. The van der Waals surface area contributed by atoms with Crippen LogP contribution in [0, 0.1) is 35.5 Å². The smallest absolute Gasteiger partial charge is 0.311 e. The Labute approximate surface area is 502 Å². The van der Waals surface area contributed by atoms with Gasteiger partial charge in [-0.25, -0.2) is 0 Å². The van der Waals surface area contributed by atoms with E-state index in [0.717, 1.165) is 0 Å². The van der Waals surface area contributed by atoms with E-state index < -0.39 is 177 Å². The summed E-state index contributed by atoms with van der Waals surface area (Å²) in [7, 11) is 9.74. The zero-order valence-corrected chi connectivity index (χ0v) is 52.6. The minimum absolute atomic E-state index is 0.0187. The van der Waals surface area contributed by atoms with E-state index in [1.807, 2.05) is 32.8 Å². The average Bonchev–Trinajstić information content (AvgIpc) is 0.863. The van der Waals surface area contributed by atoms with Crippen LogP contribution in [0.1, 0.15) is 119 Å². The van der Waals surface area contributed by atoms with Crippen LogP contribution < -0.4 is 5.73 Å². The third-order valence-corrected chi connectivity index (χ3v) is 19.7. The predicted molar refractivity (Wildman–Crippen MR) is 306 cm³/mol. The second-order valence-electron chi connectivity index (χ2n) is 25.7. The Kier molecular flexibility index (Phi) is 21.1. The highest BCUT2D eigenvalue weighted by molar-refractivity contribution is 6.32. The fourth-order valence-corrected chi connectivity index (χ4v) is 14.5. The number of rotatable bonds is 10. The van der Waals surface area contributed by atoms with Crippen molar-refractivity contribution < 1.29 is 103 Å². The van der Waals surface area contributed by atoms with Crippen LogP contribution in [0.25, 0.3) is 5.76 Å². The number of hydrogen-bond donors (Lipinski definition) is 10. The second-order valence-corrected chi connectivity index (χ2v) is 26.1. The summed E-state index contributed by atoms with van der Waals surface area (Å²) >= 11 is 6.28. The summed E-state index contributed by atoms with van der Waals surface area (Å²) in [4.78, 5) is 70.1. The number of carbonyl (C=O) groups is 5. The number of ether oxygens (including phenoxy) is 7. The van der Waals surface area contributed by atoms with E-state index in [0.29, 0.717) is 6.42 Å². The first-order valence-corrected chi connectivity index (χ1v) is 29.3. The molecule has 1 aromatic rings. The Morgan fingerprint density at radius 2 is 1.41 bits per heavy atom. The first kappa shape index (κ1) is 69.9. The Morgan fingerprint density at radius 3 is 1.95 bits per heavy atom. The molecule has 0 radical (unpaired) electrons. The molecule has 25 heteroatoms. The molecular weight excluding hydrogens is 1130 g/mol. The minimum Gasteiger partial charge on any atom is -0.508 e. The van der Waals surface area contributed by atoms with Crippen LogP contribution in [0.2, 0.25) is 5.02 Å². The Hall–Kier alpha value is -4.22. The first-order valence-electron chi connectivity index (χ1n) is 29.0. The number of aromatic hydroxyl groups is 1. The largest absolute Gasteiger partial charge is 0.508 e. The quantitative estimate of drug-likeness (QED) is 0.119. The lowest BCUT2D eigenvalue weighted by atomic mass is 9.54. The van der Waals surface area contributed by atoms with E-state index in [2.05, 4.69) is 0 Å². The van der Waals surface area contributed by atoms with Gasteiger partial charge in [0.2, 0.25) is 5.78 Å². The Morgan fingerprint density at radius 1 is 0.812 bits per heavy atom. The predicted octanol–water partition coefficient (Wildman–Crippen LogP) is 2.72. The lowest BCUT2D eigenvalue weighted by Gasteiger charge is -2.53. The highest BCUT2D eigenvalue weighted by Crippen LogP contribution is 2.58. The Balaban J connectivity index is 0.000000299. The lowest BCUT2D eigenvalue weighted by molar-refractivity contribution is -0.319. The number of amides is 1. The number of ketones is 3. The average molecular weight is 1230 g/mol. The number of aliphatic hydroxyl groups is 8. The molecule has 3 aliphatic carbocycles. The molecule has 85 heavy (non-hydrogen) atoms. The first-order chi connectivity index (χ1) is 39.2. The summed E-state index contributed by atoms with van der Waals surface area (Å²) in [6, 6.07) is 0.958. The van der Waals surface area contributed by atoms with E-state index in [-0.39, 0.29) is 59.8 Å². The number of nitrogens with two attached hydrogens (primary N) is 1. The van der Waals surface area contributed by atoms with Gasteiger partial charge in [0.25, 0.3) is 5.91 Å². The van der Waals surface area contributed by atoms with Crippen LogP contribution in [0.15, 0.2) is 29.0 Å². The molecule has 24 nitrogen and oxygen atoms in total. The highest BCUT2D eigenvalue weighted by Gasteiger charge is 2.67. The number of Topliss-reactive ketones (excluding diaryl/α,β-unsaturated/α-hetero) is 3. The van der Waals surface area contributed by atoms with Crippen molar-refractivity contribution in [3.8, 4) is 5.75 Å². The lowest BCUT2D eigenvalue weighted by Crippen LogP contribution is -2.67. The third kappa shape index (κ3) is 12.5. The van der Waals surface area contributed by atoms with Crippen molar-refractivity contribution in [2.24, 2.45) is 41.2 Å².